The molecule has 6 heteroatoms. The summed E-state index contributed by atoms with van der Waals surface area (Å²) in [7, 11) is 3.55. The second-order valence-corrected chi connectivity index (χ2v) is 7.92. The first-order chi connectivity index (χ1) is 13.0. The van der Waals surface area contributed by atoms with E-state index in [2.05, 4.69) is 41.2 Å². The first-order valence-corrected chi connectivity index (χ1v) is 9.87. The zero-order valence-corrected chi connectivity index (χ0v) is 17.0. The second kappa shape index (κ2) is 8.93. The Morgan fingerprint density at radius 1 is 1.30 bits per heavy atom. The molecular formula is C21H33N3O3. The predicted molar refractivity (Wildman–Crippen MR) is 108 cm³/mol. The van der Waals surface area contributed by atoms with E-state index in [0.29, 0.717) is 6.61 Å². The van der Waals surface area contributed by atoms with Crippen LogP contribution in [-0.2, 0) is 14.9 Å². The van der Waals surface area contributed by atoms with Gasteiger partial charge in [-0.25, -0.2) is 0 Å². The first kappa shape index (κ1) is 20.0. The van der Waals surface area contributed by atoms with E-state index in [1.807, 2.05) is 19.2 Å². The quantitative estimate of drug-likeness (QED) is 0.633. The van der Waals surface area contributed by atoms with Crippen molar-refractivity contribution in [2.75, 3.05) is 47.0 Å². The Hall–Kier alpha value is -1.79. The van der Waals surface area contributed by atoms with Gasteiger partial charge in [0.2, 0.25) is 0 Å². The molecule has 2 unspecified atom stereocenters. The van der Waals surface area contributed by atoms with Crippen molar-refractivity contribution in [3.8, 4) is 5.75 Å². The molecule has 2 aliphatic heterocycles. The summed E-state index contributed by atoms with van der Waals surface area (Å²) in [4.78, 5) is 6.80. The molecule has 0 saturated carbocycles. The number of guanidine groups is 1. The van der Waals surface area contributed by atoms with Crippen molar-refractivity contribution in [3.05, 3.63) is 29.8 Å². The molecule has 2 atom stereocenters. The Kier molecular flexibility index (Phi) is 6.60. The van der Waals surface area contributed by atoms with E-state index in [1.54, 1.807) is 7.11 Å². The van der Waals surface area contributed by atoms with Gasteiger partial charge in [-0.3, -0.25) is 4.99 Å². The zero-order valence-electron chi connectivity index (χ0n) is 17.0. The molecule has 1 aromatic rings. The van der Waals surface area contributed by atoms with Crippen LogP contribution < -0.4 is 10.1 Å². The average Bonchev–Trinajstić information content (AvgIpc) is 3.23. The van der Waals surface area contributed by atoms with E-state index in [-0.39, 0.29) is 17.6 Å². The van der Waals surface area contributed by atoms with Gasteiger partial charge >= 0.3 is 0 Å². The number of nitrogens with zero attached hydrogens (tertiary/aromatic N) is 2. The standard InChI is InChI=1S/C21H33N3O3/c1-21(2,16-7-5-8-17(13-16)25-4)15-23-20(22-3)24-10-12-27-19(14-24)18-9-6-11-26-18/h5,7-8,13,18-19H,6,9-12,14-15H2,1-4H3,(H,22,23). The van der Waals surface area contributed by atoms with Crippen molar-refractivity contribution < 1.29 is 14.2 Å². The zero-order chi connectivity index (χ0) is 19.3. The molecule has 2 aliphatic rings. The largest absolute Gasteiger partial charge is 0.497 e. The summed E-state index contributed by atoms with van der Waals surface area (Å²) in [5, 5.41) is 3.57. The molecule has 27 heavy (non-hydrogen) atoms. The van der Waals surface area contributed by atoms with Gasteiger partial charge in [-0.2, -0.15) is 0 Å². The molecule has 2 saturated heterocycles. The molecular weight excluding hydrogens is 342 g/mol. The van der Waals surface area contributed by atoms with Crippen molar-refractivity contribution in [3.63, 3.8) is 0 Å². The Morgan fingerprint density at radius 3 is 2.81 bits per heavy atom. The molecule has 0 aromatic heterocycles. The highest BCUT2D eigenvalue weighted by Gasteiger charge is 2.32. The lowest BCUT2D eigenvalue weighted by Crippen LogP contribution is -2.54. The number of methoxy groups -OCH3 is 1. The highest BCUT2D eigenvalue weighted by Crippen LogP contribution is 2.26. The maximum absolute atomic E-state index is 5.96. The number of rotatable bonds is 5. The van der Waals surface area contributed by atoms with E-state index in [1.165, 1.54) is 5.56 Å². The van der Waals surface area contributed by atoms with Crippen LogP contribution in [0.3, 0.4) is 0 Å². The van der Waals surface area contributed by atoms with Crippen LogP contribution in [0.5, 0.6) is 5.75 Å². The highest BCUT2D eigenvalue weighted by atomic mass is 16.5. The van der Waals surface area contributed by atoms with Crippen LogP contribution in [0.2, 0.25) is 0 Å². The maximum atomic E-state index is 5.96. The van der Waals surface area contributed by atoms with E-state index in [4.69, 9.17) is 14.2 Å². The van der Waals surface area contributed by atoms with Crippen molar-refractivity contribution >= 4 is 5.96 Å². The maximum Gasteiger partial charge on any atom is 0.193 e. The molecule has 0 bridgehead atoms. The number of aliphatic imine (C=N–C) groups is 1. The summed E-state index contributed by atoms with van der Waals surface area (Å²) in [6, 6.07) is 8.27. The summed E-state index contributed by atoms with van der Waals surface area (Å²) in [6.07, 6.45) is 2.57. The molecule has 1 aromatic carbocycles. The van der Waals surface area contributed by atoms with E-state index >= 15 is 0 Å². The monoisotopic (exact) mass is 375 g/mol. The number of ether oxygens (including phenoxy) is 3. The van der Waals surface area contributed by atoms with Crippen LogP contribution >= 0.6 is 0 Å². The van der Waals surface area contributed by atoms with Crippen LogP contribution in [0, 0.1) is 0 Å². The van der Waals surface area contributed by atoms with Gasteiger partial charge in [0.25, 0.3) is 0 Å². The van der Waals surface area contributed by atoms with Gasteiger partial charge in [0, 0.05) is 38.7 Å². The van der Waals surface area contributed by atoms with Crippen LogP contribution in [0.4, 0.5) is 0 Å². The fourth-order valence-corrected chi connectivity index (χ4v) is 3.77. The number of hydrogen-bond donors (Lipinski definition) is 1. The Labute approximate surface area is 162 Å². The van der Waals surface area contributed by atoms with Gasteiger partial charge in [0.1, 0.15) is 11.9 Å². The van der Waals surface area contributed by atoms with Crippen molar-refractivity contribution in [2.24, 2.45) is 4.99 Å². The van der Waals surface area contributed by atoms with Gasteiger partial charge in [-0.1, -0.05) is 26.0 Å². The summed E-state index contributed by atoms with van der Waals surface area (Å²) in [5.74, 6) is 1.81. The minimum Gasteiger partial charge on any atom is -0.497 e. The summed E-state index contributed by atoms with van der Waals surface area (Å²) >= 11 is 0. The third-order valence-corrected chi connectivity index (χ3v) is 5.52. The smallest absolute Gasteiger partial charge is 0.193 e. The number of morpholine rings is 1. The van der Waals surface area contributed by atoms with Crippen molar-refractivity contribution in [1.29, 1.82) is 0 Å². The molecule has 0 radical (unpaired) electrons. The SMILES string of the molecule is CN=C(NCC(C)(C)c1cccc(OC)c1)N1CCOC(C2CCCO2)C1. The molecule has 150 valence electrons. The van der Waals surface area contributed by atoms with Gasteiger partial charge < -0.3 is 24.4 Å². The van der Waals surface area contributed by atoms with Crippen molar-refractivity contribution in [1.82, 2.24) is 10.2 Å². The summed E-state index contributed by atoms with van der Waals surface area (Å²) in [5.41, 5.74) is 1.19. The minimum absolute atomic E-state index is 0.0509. The van der Waals surface area contributed by atoms with Gasteiger partial charge in [0.15, 0.2) is 5.96 Å². The molecule has 0 aliphatic carbocycles. The van der Waals surface area contributed by atoms with Gasteiger partial charge in [-0.15, -0.1) is 0 Å². The molecule has 0 spiro atoms. The Morgan fingerprint density at radius 2 is 2.11 bits per heavy atom. The van der Waals surface area contributed by atoms with Gasteiger partial charge in [0.05, 0.1) is 19.8 Å². The third kappa shape index (κ3) is 4.93. The third-order valence-electron chi connectivity index (χ3n) is 5.52. The van der Waals surface area contributed by atoms with Crippen LogP contribution in [0.25, 0.3) is 0 Å². The molecule has 1 N–H and O–H groups in total. The molecule has 6 nitrogen and oxygen atoms in total. The van der Waals surface area contributed by atoms with Crippen LogP contribution in [0.15, 0.2) is 29.3 Å². The number of nitrogens with one attached hydrogen (secondary N) is 1. The lowest BCUT2D eigenvalue weighted by atomic mass is 9.84. The number of benzene rings is 1. The number of hydrogen-bond acceptors (Lipinski definition) is 4. The molecule has 3 rings (SSSR count). The Bertz CT molecular complexity index is 641. The lowest BCUT2D eigenvalue weighted by Gasteiger charge is -2.38. The predicted octanol–water partition coefficient (Wildman–Crippen LogP) is 2.43. The second-order valence-electron chi connectivity index (χ2n) is 7.92. The van der Waals surface area contributed by atoms with E-state index in [9.17, 15) is 0 Å². The highest BCUT2D eigenvalue weighted by molar-refractivity contribution is 5.80. The first-order valence-electron chi connectivity index (χ1n) is 9.87. The summed E-state index contributed by atoms with van der Waals surface area (Å²) < 4.78 is 17.2. The lowest BCUT2D eigenvalue weighted by molar-refractivity contribution is -0.0817. The average molecular weight is 376 g/mol. The van der Waals surface area contributed by atoms with Crippen LogP contribution in [0.1, 0.15) is 32.3 Å². The summed E-state index contributed by atoms with van der Waals surface area (Å²) in [6.45, 7) is 8.49. The topological polar surface area (TPSA) is 55.3 Å². The fraction of sp³-hybridized carbons (Fsp3) is 0.667. The van der Waals surface area contributed by atoms with E-state index < -0.39 is 0 Å². The molecule has 2 fully saturated rings. The van der Waals surface area contributed by atoms with Crippen LogP contribution in [-0.4, -0.2) is 70.1 Å². The normalized spacial score (nSPS) is 24.1. The van der Waals surface area contributed by atoms with Gasteiger partial charge in [-0.05, 0) is 30.5 Å². The Balaban J connectivity index is 1.60. The molecule has 0 amide bonds. The van der Waals surface area contributed by atoms with Crippen molar-refractivity contribution in [2.45, 2.75) is 44.3 Å². The fourth-order valence-electron chi connectivity index (χ4n) is 3.77. The van der Waals surface area contributed by atoms with E-state index in [0.717, 1.165) is 50.8 Å². The molecule has 2 heterocycles. The minimum atomic E-state index is -0.0509.